The van der Waals surface area contributed by atoms with E-state index in [1.54, 1.807) is 27.9 Å². The smallest absolute Gasteiger partial charge is 0.339 e. The fourth-order valence-electron chi connectivity index (χ4n) is 2.85. The van der Waals surface area contributed by atoms with E-state index in [1.165, 1.54) is 7.11 Å². The summed E-state index contributed by atoms with van der Waals surface area (Å²) in [6.07, 6.45) is 0. The molecule has 2 aromatic rings. The van der Waals surface area contributed by atoms with Gasteiger partial charge in [0.15, 0.2) is 0 Å². The number of ketones is 1. The summed E-state index contributed by atoms with van der Waals surface area (Å²) >= 11 is 0. The van der Waals surface area contributed by atoms with Gasteiger partial charge in [-0.2, -0.15) is 0 Å². The number of H-pyrrole nitrogens is 1. The third kappa shape index (κ3) is 3.68. The van der Waals surface area contributed by atoms with Gasteiger partial charge in [0.2, 0.25) is 5.78 Å². The number of nitrogens with one attached hydrogen (secondary N) is 2. The minimum Gasteiger partial charge on any atom is -0.495 e. The number of methoxy groups -OCH3 is 2. The number of aromatic amines is 1. The van der Waals surface area contributed by atoms with E-state index in [1.807, 2.05) is 25.1 Å². The molecular weight excluding hydrogens is 320 g/mol. The quantitative estimate of drug-likeness (QED) is 0.620. The zero-order chi connectivity index (χ0) is 18.7. The van der Waals surface area contributed by atoms with Gasteiger partial charge in [-0.05, 0) is 51.0 Å². The van der Waals surface area contributed by atoms with Crippen molar-refractivity contribution in [3.63, 3.8) is 0 Å². The number of hydrogen-bond acceptors (Lipinski definition) is 5. The molecule has 0 unspecified atom stereocenters. The van der Waals surface area contributed by atoms with Gasteiger partial charge in [-0.3, -0.25) is 4.79 Å². The fourth-order valence-corrected chi connectivity index (χ4v) is 2.85. The van der Waals surface area contributed by atoms with Crippen LogP contribution in [-0.4, -0.2) is 37.0 Å². The first kappa shape index (κ1) is 18.6. The summed E-state index contributed by atoms with van der Waals surface area (Å²) in [6, 6.07) is 5.22. The molecule has 0 saturated carbocycles. The van der Waals surface area contributed by atoms with Crippen LogP contribution in [0, 0.1) is 20.8 Å². The summed E-state index contributed by atoms with van der Waals surface area (Å²) in [5.41, 5.74) is 3.84. The van der Waals surface area contributed by atoms with Crippen LogP contribution in [0.3, 0.4) is 0 Å². The highest BCUT2D eigenvalue weighted by Gasteiger charge is 2.25. The lowest BCUT2D eigenvalue weighted by Gasteiger charge is -2.17. The molecule has 2 rings (SSSR count). The highest BCUT2D eigenvalue weighted by Crippen LogP contribution is 2.27. The number of rotatable bonds is 6. The summed E-state index contributed by atoms with van der Waals surface area (Å²) in [6.45, 7) is 7.23. The molecule has 0 radical (unpaired) electrons. The summed E-state index contributed by atoms with van der Waals surface area (Å²) in [7, 11) is 2.91. The van der Waals surface area contributed by atoms with Crippen LogP contribution < -0.4 is 10.1 Å². The highest BCUT2D eigenvalue weighted by atomic mass is 16.5. The van der Waals surface area contributed by atoms with E-state index in [2.05, 4.69) is 10.3 Å². The molecule has 0 aliphatic carbocycles. The lowest BCUT2D eigenvalue weighted by atomic mass is 10.0. The van der Waals surface area contributed by atoms with Crippen molar-refractivity contribution in [1.82, 2.24) is 4.98 Å². The van der Waals surface area contributed by atoms with Crippen LogP contribution in [0.1, 0.15) is 44.6 Å². The van der Waals surface area contributed by atoms with Crippen molar-refractivity contribution in [1.29, 1.82) is 0 Å². The average Bonchev–Trinajstić information content (AvgIpc) is 2.88. The molecule has 6 heteroatoms. The Morgan fingerprint density at radius 1 is 1.16 bits per heavy atom. The standard InChI is InChI=1S/C19H24N2O4/c1-10-7-8-15(24-5)14(9-10)20-13(4)18(22)17-11(2)16(12(3)21-17)19(23)25-6/h7-9,13,20-21H,1-6H3/t13-/m1/s1. The second kappa shape index (κ2) is 7.42. The maximum absolute atomic E-state index is 12.8. The van der Waals surface area contributed by atoms with Crippen molar-refractivity contribution in [2.45, 2.75) is 33.7 Å². The molecule has 0 aliphatic heterocycles. The molecule has 0 saturated heterocycles. The Hall–Kier alpha value is -2.76. The van der Waals surface area contributed by atoms with Gasteiger partial charge in [0.1, 0.15) is 5.75 Å². The summed E-state index contributed by atoms with van der Waals surface area (Å²) in [5, 5.41) is 3.19. The maximum atomic E-state index is 12.8. The SMILES string of the molecule is COC(=O)c1c(C)[nH]c(C(=O)[C@@H](C)Nc2cc(C)ccc2OC)c1C. The number of aromatic nitrogens is 1. The lowest BCUT2D eigenvalue weighted by Crippen LogP contribution is -2.27. The molecule has 6 nitrogen and oxygen atoms in total. The first-order chi connectivity index (χ1) is 11.8. The number of anilines is 1. The topological polar surface area (TPSA) is 80.4 Å². The molecule has 0 fully saturated rings. The lowest BCUT2D eigenvalue weighted by molar-refractivity contribution is 0.0599. The molecule has 25 heavy (non-hydrogen) atoms. The first-order valence-electron chi connectivity index (χ1n) is 8.03. The Labute approximate surface area is 147 Å². The minimum absolute atomic E-state index is 0.140. The van der Waals surface area contributed by atoms with E-state index in [9.17, 15) is 9.59 Å². The predicted molar refractivity (Wildman–Crippen MR) is 96.8 cm³/mol. The van der Waals surface area contributed by atoms with E-state index in [0.29, 0.717) is 28.3 Å². The number of benzene rings is 1. The van der Waals surface area contributed by atoms with E-state index >= 15 is 0 Å². The van der Waals surface area contributed by atoms with Gasteiger partial charge in [-0.15, -0.1) is 0 Å². The molecule has 1 heterocycles. The molecule has 0 aliphatic rings. The number of carbonyl (C=O) groups excluding carboxylic acids is 2. The van der Waals surface area contributed by atoms with Crippen molar-refractivity contribution >= 4 is 17.4 Å². The largest absolute Gasteiger partial charge is 0.495 e. The van der Waals surface area contributed by atoms with E-state index < -0.39 is 12.0 Å². The molecule has 134 valence electrons. The van der Waals surface area contributed by atoms with Crippen LogP contribution >= 0.6 is 0 Å². The molecule has 0 bridgehead atoms. The second-order valence-electron chi connectivity index (χ2n) is 6.05. The normalized spacial score (nSPS) is 11.8. The van der Waals surface area contributed by atoms with Gasteiger partial charge in [0.05, 0.1) is 37.2 Å². The number of ether oxygens (including phenoxy) is 2. The van der Waals surface area contributed by atoms with Crippen LogP contribution in [0.25, 0.3) is 0 Å². The van der Waals surface area contributed by atoms with Crippen LogP contribution in [0.4, 0.5) is 5.69 Å². The monoisotopic (exact) mass is 344 g/mol. The molecule has 0 amide bonds. The maximum Gasteiger partial charge on any atom is 0.339 e. The fraction of sp³-hybridized carbons (Fsp3) is 0.368. The van der Waals surface area contributed by atoms with Crippen LogP contribution in [-0.2, 0) is 4.74 Å². The minimum atomic E-state index is -0.502. The van der Waals surface area contributed by atoms with Gasteiger partial charge >= 0.3 is 5.97 Å². The number of aryl methyl sites for hydroxylation is 2. The number of hydrogen-bond donors (Lipinski definition) is 2. The Balaban J connectivity index is 2.30. The van der Waals surface area contributed by atoms with Gasteiger partial charge in [0, 0.05) is 5.69 Å². The third-order valence-corrected chi connectivity index (χ3v) is 4.19. The molecule has 2 N–H and O–H groups in total. The second-order valence-corrected chi connectivity index (χ2v) is 6.05. The summed E-state index contributed by atoms with van der Waals surface area (Å²) in [5.74, 6) is 0.0745. The van der Waals surface area contributed by atoms with Gasteiger partial charge in [-0.25, -0.2) is 4.79 Å². The van der Waals surface area contributed by atoms with Gasteiger partial charge in [-0.1, -0.05) is 6.07 Å². The van der Waals surface area contributed by atoms with Crippen molar-refractivity contribution in [3.05, 3.63) is 46.3 Å². The highest BCUT2D eigenvalue weighted by molar-refractivity contribution is 6.04. The number of carbonyl (C=O) groups is 2. The number of Topliss-reactive ketones (excluding diaryl/α,β-unsaturated/α-hetero) is 1. The Morgan fingerprint density at radius 2 is 1.84 bits per heavy atom. The Kier molecular flexibility index (Phi) is 5.51. The average molecular weight is 344 g/mol. The molecule has 0 spiro atoms. The van der Waals surface area contributed by atoms with Crippen molar-refractivity contribution in [2.24, 2.45) is 0 Å². The molecule has 1 aromatic carbocycles. The molecular formula is C19H24N2O4. The van der Waals surface area contributed by atoms with Gasteiger partial charge in [0.25, 0.3) is 0 Å². The Bertz CT molecular complexity index is 808. The van der Waals surface area contributed by atoms with Crippen LogP contribution in [0.5, 0.6) is 5.75 Å². The summed E-state index contributed by atoms with van der Waals surface area (Å²) < 4.78 is 10.1. The van der Waals surface area contributed by atoms with Crippen LogP contribution in [0.15, 0.2) is 18.2 Å². The van der Waals surface area contributed by atoms with Crippen molar-refractivity contribution in [2.75, 3.05) is 19.5 Å². The van der Waals surface area contributed by atoms with Crippen molar-refractivity contribution < 1.29 is 19.1 Å². The predicted octanol–water partition coefficient (Wildman–Crippen LogP) is 3.42. The third-order valence-electron chi connectivity index (χ3n) is 4.19. The summed E-state index contributed by atoms with van der Waals surface area (Å²) in [4.78, 5) is 27.7. The zero-order valence-corrected chi connectivity index (χ0v) is 15.4. The molecule has 1 aromatic heterocycles. The zero-order valence-electron chi connectivity index (χ0n) is 15.4. The Morgan fingerprint density at radius 3 is 2.44 bits per heavy atom. The van der Waals surface area contributed by atoms with Crippen molar-refractivity contribution in [3.8, 4) is 5.75 Å². The first-order valence-corrected chi connectivity index (χ1v) is 8.03. The number of esters is 1. The van der Waals surface area contributed by atoms with Gasteiger partial charge < -0.3 is 19.8 Å². The van der Waals surface area contributed by atoms with Crippen LogP contribution in [0.2, 0.25) is 0 Å². The van der Waals surface area contributed by atoms with E-state index in [4.69, 9.17) is 9.47 Å². The molecule has 1 atom stereocenters. The van der Waals surface area contributed by atoms with E-state index in [0.717, 1.165) is 11.3 Å². The van der Waals surface area contributed by atoms with E-state index in [-0.39, 0.29) is 5.78 Å².